The minimum atomic E-state index is -0.506. The molecule has 2 aromatic carbocycles. The number of para-hydroxylation sites is 1. The van der Waals surface area contributed by atoms with Crippen molar-refractivity contribution in [2.24, 2.45) is 5.73 Å². The molecule has 5 nitrogen and oxygen atoms in total. The average Bonchev–Trinajstić information content (AvgIpc) is 3.05. The second-order valence-electron chi connectivity index (χ2n) is 6.37. The van der Waals surface area contributed by atoms with Crippen LogP contribution in [0.3, 0.4) is 0 Å². The number of hydrogen-bond acceptors (Lipinski definition) is 3. The number of nitrogens with two attached hydrogens (primary N) is 1. The monoisotopic (exact) mass is 360 g/mol. The Bertz CT molecular complexity index is 1180. The lowest BCUT2D eigenvalue weighted by atomic mass is 9.97. The number of halogens is 1. The van der Waals surface area contributed by atoms with Gasteiger partial charge in [0.15, 0.2) is 0 Å². The molecule has 0 aliphatic heterocycles. The summed E-state index contributed by atoms with van der Waals surface area (Å²) in [6.07, 6.45) is 5.08. The molecule has 0 saturated carbocycles. The van der Waals surface area contributed by atoms with E-state index >= 15 is 4.39 Å². The molecular formula is C21H17FN4O. The molecule has 134 valence electrons. The van der Waals surface area contributed by atoms with Gasteiger partial charge in [-0.05, 0) is 23.8 Å². The van der Waals surface area contributed by atoms with Gasteiger partial charge in [-0.3, -0.25) is 14.8 Å². The summed E-state index contributed by atoms with van der Waals surface area (Å²) in [5.41, 5.74) is 9.31. The van der Waals surface area contributed by atoms with Crippen LogP contribution in [0.15, 0.2) is 49.3 Å². The SMILES string of the molecule is C=Cc1cnc(Cc2c(F)cc(CC(N)=O)c3[nH]c4ccccc4c23)cn1. The fourth-order valence-corrected chi connectivity index (χ4v) is 3.37. The van der Waals surface area contributed by atoms with E-state index in [1.165, 1.54) is 6.07 Å². The Labute approximate surface area is 154 Å². The lowest BCUT2D eigenvalue weighted by Crippen LogP contribution is -2.14. The van der Waals surface area contributed by atoms with Crippen molar-refractivity contribution in [1.29, 1.82) is 0 Å². The summed E-state index contributed by atoms with van der Waals surface area (Å²) >= 11 is 0. The Hall–Kier alpha value is -3.54. The van der Waals surface area contributed by atoms with Gasteiger partial charge in [-0.1, -0.05) is 24.8 Å². The van der Waals surface area contributed by atoms with Crippen LogP contribution in [0.1, 0.15) is 22.5 Å². The quantitative estimate of drug-likeness (QED) is 0.571. The summed E-state index contributed by atoms with van der Waals surface area (Å²) in [5.74, 6) is -0.897. The fourth-order valence-electron chi connectivity index (χ4n) is 3.37. The van der Waals surface area contributed by atoms with Crippen molar-refractivity contribution in [1.82, 2.24) is 15.0 Å². The molecule has 4 aromatic rings. The van der Waals surface area contributed by atoms with Crippen molar-refractivity contribution in [2.75, 3.05) is 0 Å². The zero-order valence-electron chi connectivity index (χ0n) is 14.5. The Morgan fingerprint density at radius 1 is 1.26 bits per heavy atom. The molecule has 0 saturated heterocycles. The number of H-pyrrole nitrogens is 1. The van der Waals surface area contributed by atoms with E-state index in [0.717, 1.165) is 21.8 Å². The summed E-state index contributed by atoms with van der Waals surface area (Å²) in [7, 11) is 0. The highest BCUT2D eigenvalue weighted by Crippen LogP contribution is 2.33. The van der Waals surface area contributed by atoms with E-state index in [4.69, 9.17) is 5.73 Å². The third-order valence-electron chi connectivity index (χ3n) is 4.58. The van der Waals surface area contributed by atoms with Gasteiger partial charge in [0.2, 0.25) is 5.91 Å². The molecule has 0 atom stereocenters. The van der Waals surface area contributed by atoms with E-state index in [1.807, 2.05) is 24.3 Å². The van der Waals surface area contributed by atoms with Gasteiger partial charge in [0.25, 0.3) is 0 Å². The van der Waals surface area contributed by atoms with E-state index in [-0.39, 0.29) is 12.8 Å². The smallest absolute Gasteiger partial charge is 0.221 e. The minimum absolute atomic E-state index is 0.0334. The Morgan fingerprint density at radius 2 is 2.07 bits per heavy atom. The van der Waals surface area contributed by atoms with Crippen molar-refractivity contribution >= 4 is 33.8 Å². The lowest BCUT2D eigenvalue weighted by molar-refractivity contribution is -0.117. The maximum absolute atomic E-state index is 15.0. The molecule has 27 heavy (non-hydrogen) atoms. The van der Waals surface area contributed by atoms with Crippen LogP contribution in [0.25, 0.3) is 27.9 Å². The van der Waals surface area contributed by atoms with Crippen LogP contribution in [0.4, 0.5) is 4.39 Å². The van der Waals surface area contributed by atoms with Crippen molar-refractivity contribution in [2.45, 2.75) is 12.8 Å². The number of hydrogen-bond donors (Lipinski definition) is 2. The van der Waals surface area contributed by atoms with Crippen LogP contribution in [-0.4, -0.2) is 20.9 Å². The molecule has 0 fully saturated rings. The standard InChI is InChI=1S/C21H17FN4O/c1-2-13-10-25-14(11-24-13)9-16-17(22)7-12(8-19(23)27)21-20(16)15-5-3-4-6-18(15)26-21/h2-7,10-11,26H,1,8-9H2,(H2,23,27). The number of fused-ring (bicyclic) bond motifs is 3. The maximum Gasteiger partial charge on any atom is 0.221 e. The molecule has 4 rings (SSSR count). The van der Waals surface area contributed by atoms with E-state index in [0.29, 0.717) is 22.5 Å². The largest absolute Gasteiger partial charge is 0.369 e. The molecule has 0 radical (unpaired) electrons. The van der Waals surface area contributed by atoms with Crippen molar-refractivity contribution < 1.29 is 9.18 Å². The van der Waals surface area contributed by atoms with E-state index in [1.54, 1.807) is 18.5 Å². The van der Waals surface area contributed by atoms with Crippen molar-refractivity contribution in [3.05, 3.63) is 77.6 Å². The highest BCUT2D eigenvalue weighted by Gasteiger charge is 2.18. The first-order valence-corrected chi connectivity index (χ1v) is 8.49. The zero-order valence-corrected chi connectivity index (χ0v) is 14.5. The third-order valence-corrected chi connectivity index (χ3v) is 4.58. The summed E-state index contributed by atoms with van der Waals surface area (Å²) in [5, 5.41) is 1.64. The molecule has 3 N–H and O–H groups in total. The second-order valence-corrected chi connectivity index (χ2v) is 6.37. The molecule has 1 amide bonds. The first kappa shape index (κ1) is 16.9. The summed E-state index contributed by atoms with van der Waals surface area (Å²) < 4.78 is 15.0. The van der Waals surface area contributed by atoms with Gasteiger partial charge in [0.1, 0.15) is 5.82 Å². The van der Waals surface area contributed by atoms with Crippen LogP contribution in [0, 0.1) is 5.82 Å². The number of carbonyl (C=O) groups excluding carboxylic acids is 1. The molecule has 0 spiro atoms. The Morgan fingerprint density at radius 3 is 2.78 bits per heavy atom. The second kappa shape index (κ2) is 6.64. The first-order chi connectivity index (χ1) is 13.1. The average molecular weight is 360 g/mol. The first-order valence-electron chi connectivity index (χ1n) is 8.49. The fraction of sp³-hybridized carbons (Fsp3) is 0.0952. The van der Waals surface area contributed by atoms with Gasteiger partial charge in [-0.2, -0.15) is 0 Å². The van der Waals surface area contributed by atoms with Gasteiger partial charge >= 0.3 is 0 Å². The van der Waals surface area contributed by atoms with E-state index < -0.39 is 11.7 Å². The molecule has 0 bridgehead atoms. The molecule has 0 aliphatic rings. The van der Waals surface area contributed by atoms with Gasteiger partial charge in [-0.25, -0.2) is 4.39 Å². The van der Waals surface area contributed by atoms with Crippen LogP contribution in [0.2, 0.25) is 0 Å². The van der Waals surface area contributed by atoms with Crippen LogP contribution >= 0.6 is 0 Å². The number of carbonyl (C=O) groups is 1. The summed E-state index contributed by atoms with van der Waals surface area (Å²) in [4.78, 5) is 23.3. The Balaban J connectivity index is 1.94. The Kier molecular flexibility index (Phi) is 4.16. The molecule has 0 aliphatic carbocycles. The number of primary amides is 1. The van der Waals surface area contributed by atoms with Gasteiger partial charge in [-0.15, -0.1) is 0 Å². The number of aromatic amines is 1. The third kappa shape index (κ3) is 3.06. The highest BCUT2D eigenvalue weighted by molar-refractivity contribution is 6.10. The van der Waals surface area contributed by atoms with Gasteiger partial charge < -0.3 is 10.7 Å². The number of nitrogens with one attached hydrogen (secondary N) is 1. The molecule has 6 heteroatoms. The predicted molar refractivity (Wildman–Crippen MR) is 104 cm³/mol. The van der Waals surface area contributed by atoms with Crippen LogP contribution < -0.4 is 5.73 Å². The normalized spacial score (nSPS) is 11.1. The number of amides is 1. The van der Waals surface area contributed by atoms with Gasteiger partial charge in [0, 0.05) is 34.5 Å². The van der Waals surface area contributed by atoms with E-state index in [2.05, 4.69) is 21.5 Å². The number of nitrogens with zero attached hydrogens (tertiary/aromatic N) is 2. The van der Waals surface area contributed by atoms with Crippen LogP contribution in [-0.2, 0) is 17.6 Å². The zero-order chi connectivity index (χ0) is 19.0. The summed E-state index contributed by atoms with van der Waals surface area (Å²) in [6.45, 7) is 3.66. The minimum Gasteiger partial charge on any atom is -0.369 e. The highest BCUT2D eigenvalue weighted by atomic mass is 19.1. The number of aromatic nitrogens is 3. The summed E-state index contributed by atoms with van der Waals surface area (Å²) in [6, 6.07) is 9.03. The van der Waals surface area contributed by atoms with E-state index in [9.17, 15) is 4.79 Å². The predicted octanol–water partition coefficient (Wildman–Crippen LogP) is 3.51. The van der Waals surface area contributed by atoms with Gasteiger partial charge in [0.05, 0.1) is 29.5 Å². The molecular weight excluding hydrogens is 343 g/mol. The van der Waals surface area contributed by atoms with Crippen LogP contribution in [0.5, 0.6) is 0 Å². The topological polar surface area (TPSA) is 84.7 Å². The van der Waals surface area contributed by atoms with Crippen molar-refractivity contribution in [3.63, 3.8) is 0 Å². The molecule has 2 heterocycles. The molecule has 2 aromatic heterocycles. The maximum atomic E-state index is 15.0. The van der Waals surface area contributed by atoms with Crippen molar-refractivity contribution in [3.8, 4) is 0 Å². The lowest BCUT2D eigenvalue weighted by Gasteiger charge is -2.09. The number of benzene rings is 2. The molecule has 0 unspecified atom stereocenters. The number of rotatable bonds is 5.